The van der Waals surface area contributed by atoms with Crippen molar-refractivity contribution in [1.82, 2.24) is 24.4 Å². The number of aromatic nitrogens is 5. The first-order chi connectivity index (χ1) is 18.9. The lowest BCUT2D eigenvalue weighted by molar-refractivity contribution is 0.271. The largest absolute Gasteiger partial charge is 0.493 e. The lowest BCUT2D eigenvalue weighted by Gasteiger charge is -2.09. The zero-order valence-corrected chi connectivity index (χ0v) is 22.7. The number of rotatable bonds is 7. The maximum absolute atomic E-state index is 13.3. The minimum Gasteiger partial charge on any atom is -0.493 e. The number of ether oxygens (including phenoxy) is 1. The number of aryl methyl sites for hydroxylation is 1. The Balaban J connectivity index is 1.41. The predicted octanol–water partition coefficient (Wildman–Crippen LogP) is 5.56. The zero-order valence-electron chi connectivity index (χ0n) is 21.9. The summed E-state index contributed by atoms with van der Waals surface area (Å²) in [6.07, 6.45) is 3.82. The van der Waals surface area contributed by atoms with E-state index >= 15 is 0 Å². The Morgan fingerprint density at radius 1 is 0.923 bits per heavy atom. The molecule has 8 heteroatoms. The summed E-state index contributed by atoms with van der Waals surface area (Å²) >= 11 is 1.32. The summed E-state index contributed by atoms with van der Waals surface area (Å²) in [6, 6.07) is 25.8. The lowest BCUT2D eigenvalue weighted by Crippen LogP contribution is -2.23. The standard InChI is InChI=1S/C31H27N5O2S/c1-20(2)19-38-26-15-13-22(14-16-26)28-24(18-35(33-28)25-7-5-4-6-8-25)17-27-30(37)36-31(39-27)32-29(34-36)23-11-9-21(3)10-12-23/h4-18,20H,19H2,1-3H3. The van der Waals surface area contributed by atoms with Crippen molar-refractivity contribution in [2.24, 2.45) is 5.92 Å². The van der Waals surface area contributed by atoms with Gasteiger partial charge < -0.3 is 4.74 Å². The van der Waals surface area contributed by atoms with E-state index in [1.807, 2.05) is 103 Å². The van der Waals surface area contributed by atoms with E-state index in [-0.39, 0.29) is 5.56 Å². The number of hydrogen-bond acceptors (Lipinski definition) is 6. The van der Waals surface area contributed by atoms with Crippen LogP contribution in [0.15, 0.2) is 89.9 Å². The third kappa shape index (κ3) is 5.11. The number of fused-ring (bicyclic) bond motifs is 1. The zero-order chi connectivity index (χ0) is 26.9. The fourth-order valence-corrected chi connectivity index (χ4v) is 5.10. The molecule has 0 unspecified atom stereocenters. The van der Waals surface area contributed by atoms with Gasteiger partial charge >= 0.3 is 0 Å². The molecule has 0 amide bonds. The Morgan fingerprint density at radius 3 is 2.33 bits per heavy atom. The second kappa shape index (κ2) is 10.3. The molecule has 0 saturated heterocycles. The summed E-state index contributed by atoms with van der Waals surface area (Å²) in [4.78, 5) is 18.5. The maximum atomic E-state index is 13.3. The first kappa shape index (κ1) is 24.8. The molecule has 0 aliphatic heterocycles. The van der Waals surface area contributed by atoms with Gasteiger partial charge in [0, 0.05) is 22.9 Å². The van der Waals surface area contributed by atoms with E-state index in [4.69, 9.17) is 9.84 Å². The monoisotopic (exact) mass is 533 g/mol. The average Bonchev–Trinajstić information content (AvgIpc) is 3.64. The first-order valence-electron chi connectivity index (χ1n) is 12.8. The quantitative estimate of drug-likeness (QED) is 0.269. The molecule has 0 saturated carbocycles. The smallest absolute Gasteiger partial charge is 0.291 e. The molecule has 3 aromatic heterocycles. The van der Waals surface area contributed by atoms with Crippen LogP contribution in [0.4, 0.5) is 0 Å². The molecule has 0 radical (unpaired) electrons. The Bertz CT molecular complexity index is 1850. The van der Waals surface area contributed by atoms with Gasteiger partial charge in [-0.2, -0.15) is 14.6 Å². The van der Waals surface area contributed by atoms with Crippen molar-refractivity contribution < 1.29 is 4.74 Å². The van der Waals surface area contributed by atoms with Crippen LogP contribution in [0.2, 0.25) is 0 Å². The van der Waals surface area contributed by atoms with Gasteiger partial charge in [0.15, 0.2) is 5.82 Å². The van der Waals surface area contributed by atoms with Gasteiger partial charge in [-0.3, -0.25) is 4.79 Å². The Hall–Kier alpha value is -4.56. The molecule has 0 bridgehead atoms. The van der Waals surface area contributed by atoms with Crippen molar-refractivity contribution in [2.75, 3.05) is 6.61 Å². The van der Waals surface area contributed by atoms with E-state index < -0.39 is 0 Å². The fourth-order valence-electron chi connectivity index (χ4n) is 4.20. The van der Waals surface area contributed by atoms with Crippen molar-refractivity contribution in [3.05, 3.63) is 111 Å². The Morgan fingerprint density at radius 2 is 1.64 bits per heavy atom. The highest BCUT2D eigenvalue weighted by Gasteiger charge is 2.15. The van der Waals surface area contributed by atoms with Crippen LogP contribution in [0.3, 0.4) is 0 Å². The summed E-state index contributed by atoms with van der Waals surface area (Å²) in [5.41, 5.74) is 5.31. The van der Waals surface area contributed by atoms with Crippen molar-refractivity contribution >= 4 is 22.4 Å². The first-order valence-corrected chi connectivity index (χ1v) is 13.6. The minimum absolute atomic E-state index is 0.197. The van der Waals surface area contributed by atoms with E-state index in [0.29, 0.717) is 27.8 Å². The van der Waals surface area contributed by atoms with Gasteiger partial charge in [-0.1, -0.05) is 73.2 Å². The van der Waals surface area contributed by atoms with Crippen molar-refractivity contribution in [3.8, 4) is 34.1 Å². The van der Waals surface area contributed by atoms with Crippen LogP contribution < -0.4 is 14.8 Å². The molecule has 6 aromatic rings. The third-order valence-electron chi connectivity index (χ3n) is 6.25. The van der Waals surface area contributed by atoms with Gasteiger partial charge in [0.2, 0.25) is 4.96 Å². The van der Waals surface area contributed by atoms with Gasteiger partial charge in [0.05, 0.1) is 16.8 Å². The van der Waals surface area contributed by atoms with Crippen LogP contribution in [-0.4, -0.2) is 31.0 Å². The maximum Gasteiger partial charge on any atom is 0.291 e. The summed E-state index contributed by atoms with van der Waals surface area (Å²) in [7, 11) is 0. The molecule has 194 valence electrons. The van der Waals surface area contributed by atoms with Crippen LogP contribution in [-0.2, 0) is 0 Å². The van der Waals surface area contributed by atoms with Crippen molar-refractivity contribution in [1.29, 1.82) is 0 Å². The van der Waals surface area contributed by atoms with Crippen LogP contribution in [0.25, 0.3) is 39.4 Å². The second-order valence-corrected chi connectivity index (χ2v) is 10.9. The summed E-state index contributed by atoms with van der Waals surface area (Å²) in [5.74, 6) is 1.81. The molecule has 7 nitrogen and oxygen atoms in total. The second-order valence-electron chi connectivity index (χ2n) is 9.85. The van der Waals surface area contributed by atoms with E-state index in [1.54, 1.807) is 0 Å². The minimum atomic E-state index is -0.197. The van der Waals surface area contributed by atoms with Gasteiger partial charge in [-0.15, -0.1) is 5.10 Å². The Kier molecular flexibility index (Phi) is 6.54. The fraction of sp³-hybridized carbons (Fsp3) is 0.161. The van der Waals surface area contributed by atoms with Crippen LogP contribution in [0.5, 0.6) is 5.75 Å². The third-order valence-corrected chi connectivity index (χ3v) is 7.21. The molecule has 0 fully saturated rings. The number of hydrogen-bond donors (Lipinski definition) is 0. The number of thiazole rings is 1. The normalized spacial score (nSPS) is 12.1. The van der Waals surface area contributed by atoms with Gasteiger partial charge in [0.1, 0.15) is 11.4 Å². The summed E-state index contributed by atoms with van der Waals surface area (Å²) in [6.45, 7) is 6.94. The summed E-state index contributed by atoms with van der Waals surface area (Å²) < 4.78 is 9.62. The van der Waals surface area contributed by atoms with Crippen LogP contribution >= 0.6 is 11.3 Å². The van der Waals surface area contributed by atoms with E-state index in [9.17, 15) is 4.79 Å². The lowest BCUT2D eigenvalue weighted by atomic mass is 10.1. The average molecular weight is 534 g/mol. The summed E-state index contributed by atoms with van der Waals surface area (Å²) in [5, 5.41) is 9.39. The molecule has 3 aromatic carbocycles. The molecule has 3 heterocycles. The number of benzene rings is 3. The molecule has 39 heavy (non-hydrogen) atoms. The SMILES string of the molecule is Cc1ccc(-c2nc3sc(=Cc4cn(-c5ccccc5)nc4-c4ccc(OCC(C)C)cc4)c(=O)n3n2)cc1. The highest BCUT2D eigenvalue weighted by Crippen LogP contribution is 2.27. The molecular weight excluding hydrogens is 506 g/mol. The molecule has 0 N–H and O–H groups in total. The number of para-hydroxylation sites is 1. The highest BCUT2D eigenvalue weighted by atomic mass is 32.1. The van der Waals surface area contributed by atoms with E-state index in [0.717, 1.165) is 39.4 Å². The van der Waals surface area contributed by atoms with Gasteiger partial charge in [-0.05, 0) is 55.3 Å². The van der Waals surface area contributed by atoms with E-state index in [2.05, 4.69) is 23.9 Å². The topological polar surface area (TPSA) is 74.3 Å². The predicted molar refractivity (Wildman–Crippen MR) is 155 cm³/mol. The van der Waals surface area contributed by atoms with Gasteiger partial charge in [0.25, 0.3) is 5.56 Å². The van der Waals surface area contributed by atoms with Crippen molar-refractivity contribution in [3.63, 3.8) is 0 Å². The number of nitrogens with zero attached hydrogens (tertiary/aromatic N) is 5. The molecule has 0 spiro atoms. The van der Waals surface area contributed by atoms with Crippen molar-refractivity contribution in [2.45, 2.75) is 20.8 Å². The highest BCUT2D eigenvalue weighted by molar-refractivity contribution is 7.15. The molecular formula is C31H27N5O2S. The molecule has 0 aliphatic carbocycles. The molecule has 0 aliphatic rings. The van der Waals surface area contributed by atoms with Gasteiger partial charge in [-0.25, -0.2) is 4.68 Å². The molecule has 6 rings (SSSR count). The van der Waals surface area contributed by atoms with Crippen LogP contribution in [0.1, 0.15) is 25.0 Å². The van der Waals surface area contributed by atoms with E-state index in [1.165, 1.54) is 15.9 Å². The Labute approximate surface area is 229 Å². The van der Waals surface area contributed by atoms with Crippen LogP contribution in [0, 0.1) is 12.8 Å². The molecule has 0 atom stereocenters.